The Kier molecular flexibility index (Phi) is 10.8. The first-order valence-corrected chi connectivity index (χ1v) is 16.8. The van der Waals surface area contributed by atoms with Crippen LogP contribution in [0.15, 0.2) is 194 Å². The zero-order chi connectivity index (χ0) is 33.8. The van der Waals surface area contributed by atoms with E-state index >= 15 is 0 Å². The van der Waals surface area contributed by atoms with Gasteiger partial charge in [0.15, 0.2) is 0 Å². The Morgan fingerprint density at radius 1 is 0.429 bits per heavy atom. The molecule has 2 N–H and O–H groups in total. The largest absolute Gasteiger partial charge is 0.398 e. The lowest BCUT2D eigenvalue weighted by Crippen LogP contribution is -1.95. The molecule has 1 heteroatoms. The first-order valence-electron chi connectivity index (χ1n) is 16.8. The highest BCUT2D eigenvalue weighted by molar-refractivity contribution is 5.83. The van der Waals surface area contributed by atoms with Crippen LogP contribution in [0.3, 0.4) is 0 Å². The van der Waals surface area contributed by atoms with E-state index in [4.69, 9.17) is 5.73 Å². The standard InChI is InChI=1S/C48H41N/c1-3-5-15-38(39-28-30-40(31-29-39)43-20-13-24-47(35-43)48(49)25-6-4-2)27-26-36-14-10-18-41(32-36)44-21-12-23-46(34-44)45-22-11-19-42(33-45)37-16-8-7-9-17-37/h3-35H,49H2,1-2H3/b5-3-,6-4-,27-26+,38-15+,48-25-. The fourth-order valence-corrected chi connectivity index (χ4v) is 5.87. The van der Waals surface area contributed by atoms with Gasteiger partial charge in [-0.2, -0.15) is 0 Å². The van der Waals surface area contributed by atoms with E-state index in [1.807, 2.05) is 38.1 Å². The molecule has 0 radical (unpaired) electrons. The van der Waals surface area contributed by atoms with Gasteiger partial charge in [0.25, 0.3) is 0 Å². The van der Waals surface area contributed by atoms with E-state index < -0.39 is 0 Å². The molecule has 6 aromatic rings. The van der Waals surface area contributed by atoms with Gasteiger partial charge in [-0.25, -0.2) is 0 Å². The molecule has 0 aliphatic rings. The summed E-state index contributed by atoms with van der Waals surface area (Å²) in [5, 5.41) is 0. The van der Waals surface area contributed by atoms with Gasteiger partial charge in [-0.15, -0.1) is 0 Å². The van der Waals surface area contributed by atoms with Crippen molar-refractivity contribution in [2.75, 3.05) is 0 Å². The summed E-state index contributed by atoms with van der Waals surface area (Å²) in [7, 11) is 0. The molecule has 0 aliphatic carbocycles. The van der Waals surface area contributed by atoms with Crippen molar-refractivity contribution < 1.29 is 0 Å². The van der Waals surface area contributed by atoms with Crippen LogP contribution < -0.4 is 5.73 Å². The molecule has 0 aliphatic heterocycles. The van der Waals surface area contributed by atoms with Crippen molar-refractivity contribution in [2.24, 2.45) is 5.73 Å². The van der Waals surface area contributed by atoms with Crippen LogP contribution in [0, 0.1) is 0 Å². The fraction of sp³-hybridized carbons (Fsp3) is 0.0417. The highest BCUT2D eigenvalue weighted by Crippen LogP contribution is 2.31. The van der Waals surface area contributed by atoms with Gasteiger partial charge in [0.05, 0.1) is 0 Å². The molecule has 0 amide bonds. The van der Waals surface area contributed by atoms with E-state index in [1.165, 1.54) is 33.4 Å². The molecule has 6 rings (SSSR count). The van der Waals surface area contributed by atoms with Crippen LogP contribution in [0.4, 0.5) is 0 Å². The maximum Gasteiger partial charge on any atom is 0.0387 e. The molecule has 0 unspecified atom stereocenters. The van der Waals surface area contributed by atoms with Gasteiger partial charge in [0, 0.05) is 5.70 Å². The van der Waals surface area contributed by atoms with E-state index in [1.54, 1.807) is 0 Å². The van der Waals surface area contributed by atoms with Crippen molar-refractivity contribution >= 4 is 17.3 Å². The van der Waals surface area contributed by atoms with Gasteiger partial charge in [0.1, 0.15) is 0 Å². The van der Waals surface area contributed by atoms with Gasteiger partial charge >= 0.3 is 0 Å². The molecule has 6 aromatic carbocycles. The Morgan fingerprint density at radius 2 is 0.918 bits per heavy atom. The number of hydrogen-bond donors (Lipinski definition) is 1. The van der Waals surface area contributed by atoms with E-state index in [9.17, 15) is 0 Å². The molecule has 0 heterocycles. The molecule has 0 atom stereocenters. The summed E-state index contributed by atoms with van der Waals surface area (Å²) in [6.45, 7) is 4.03. The summed E-state index contributed by atoms with van der Waals surface area (Å²) in [5.41, 5.74) is 21.1. The minimum Gasteiger partial charge on any atom is -0.398 e. The molecule has 1 nitrogen and oxygen atoms in total. The minimum atomic E-state index is 0.753. The maximum absolute atomic E-state index is 6.30. The molecule has 0 bridgehead atoms. The van der Waals surface area contributed by atoms with Crippen LogP contribution >= 0.6 is 0 Å². The van der Waals surface area contributed by atoms with Gasteiger partial charge in [0.2, 0.25) is 0 Å². The van der Waals surface area contributed by atoms with Crippen molar-refractivity contribution in [3.63, 3.8) is 0 Å². The highest BCUT2D eigenvalue weighted by atomic mass is 14.6. The Balaban J connectivity index is 1.23. The topological polar surface area (TPSA) is 26.0 Å². The van der Waals surface area contributed by atoms with Crippen LogP contribution in [0.1, 0.15) is 30.5 Å². The van der Waals surface area contributed by atoms with Crippen molar-refractivity contribution in [3.05, 3.63) is 211 Å². The number of nitrogens with two attached hydrogens (primary N) is 1. The Bertz CT molecular complexity index is 2170. The quantitative estimate of drug-likeness (QED) is 0.150. The van der Waals surface area contributed by atoms with Crippen molar-refractivity contribution in [3.8, 4) is 44.5 Å². The average Bonchev–Trinajstić information content (AvgIpc) is 3.17. The summed E-state index contributed by atoms with van der Waals surface area (Å²) in [4.78, 5) is 0. The second-order valence-electron chi connectivity index (χ2n) is 11.9. The molecule has 0 aromatic heterocycles. The number of hydrogen-bond acceptors (Lipinski definition) is 1. The average molecular weight is 632 g/mol. The first-order chi connectivity index (χ1) is 24.1. The third-order valence-electron chi connectivity index (χ3n) is 8.52. The van der Waals surface area contributed by atoms with Crippen LogP contribution in [0.2, 0.25) is 0 Å². The zero-order valence-electron chi connectivity index (χ0n) is 28.1. The molecule has 49 heavy (non-hydrogen) atoms. The van der Waals surface area contributed by atoms with Crippen molar-refractivity contribution in [1.29, 1.82) is 0 Å². The van der Waals surface area contributed by atoms with Gasteiger partial charge in [-0.1, -0.05) is 170 Å². The lowest BCUT2D eigenvalue weighted by atomic mass is 9.95. The normalized spacial score (nSPS) is 12.4. The van der Waals surface area contributed by atoms with Gasteiger partial charge in [-0.05, 0) is 111 Å². The maximum atomic E-state index is 6.30. The van der Waals surface area contributed by atoms with Gasteiger partial charge < -0.3 is 5.73 Å². The lowest BCUT2D eigenvalue weighted by molar-refractivity contribution is 1.50. The SMILES string of the molecule is C/C=C\C=C(/N)c1cccc(-c2ccc(C(/C=C/c3cccc(-c4cccc(-c5cccc(-c6ccccc6)c5)c4)c3)=C/C=C\C)cc2)c1. The van der Waals surface area contributed by atoms with E-state index in [0.29, 0.717) is 0 Å². The van der Waals surface area contributed by atoms with Crippen LogP contribution in [-0.2, 0) is 0 Å². The highest BCUT2D eigenvalue weighted by Gasteiger charge is 2.06. The number of rotatable bonds is 10. The Hall–Kier alpha value is -6.18. The molecule has 0 saturated carbocycles. The number of benzene rings is 6. The second-order valence-corrected chi connectivity index (χ2v) is 11.9. The minimum absolute atomic E-state index is 0.753. The Labute approximate surface area is 291 Å². The van der Waals surface area contributed by atoms with Crippen LogP contribution in [0.5, 0.6) is 0 Å². The molecular weight excluding hydrogens is 591 g/mol. The van der Waals surface area contributed by atoms with E-state index in [2.05, 4.69) is 176 Å². The van der Waals surface area contributed by atoms with Crippen LogP contribution in [-0.4, -0.2) is 0 Å². The monoisotopic (exact) mass is 631 g/mol. The third-order valence-corrected chi connectivity index (χ3v) is 8.52. The van der Waals surface area contributed by atoms with Crippen molar-refractivity contribution in [1.82, 2.24) is 0 Å². The molecular formula is C48H41N. The molecule has 0 saturated heterocycles. The zero-order valence-corrected chi connectivity index (χ0v) is 28.1. The third kappa shape index (κ3) is 8.41. The number of allylic oxidation sites excluding steroid dienone is 8. The first kappa shape index (κ1) is 32.7. The molecule has 0 fully saturated rings. The van der Waals surface area contributed by atoms with Crippen molar-refractivity contribution in [2.45, 2.75) is 13.8 Å². The summed E-state index contributed by atoms with van der Waals surface area (Å²) in [6.07, 6.45) is 16.6. The van der Waals surface area contributed by atoms with Gasteiger partial charge in [-0.3, -0.25) is 0 Å². The molecule has 238 valence electrons. The predicted octanol–water partition coefficient (Wildman–Crippen LogP) is 12.9. The van der Waals surface area contributed by atoms with Crippen LogP contribution in [0.25, 0.3) is 61.9 Å². The smallest absolute Gasteiger partial charge is 0.0387 e. The summed E-state index contributed by atoms with van der Waals surface area (Å²) < 4.78 is 0. The Morgan fingerprint density at radius 3 is 1.55 bits per heavy atom. The van der Waals surface area contributed by atoms with E-state index in [0.717, 1.165) is 39.1 Å². The lowest BCUT2D eigenvalue weighted by Gasteiger charge is -2.09. The summed E-state index contributed by atoms with van der Waals surface area (Å²) in [5.74, 6) is 0. The fourth-order valence-electron chi connectivity index (χ4n) is 5.87. The summed E-state index contributed by atoms with van der Waals surface area (Å²) >= 11 is 0. The molecule has 0 spiro atoms. The van der Waals surface area contributed by atoms with E-state index in [-0.39, 0.29) is 0 Å². The predicted molar refractivity (Wildman–Crippen MR) is 213 cm³/mol. The summed E-state index contributed by atoms with van der Waals surface area (Å²) in [6, 6.07) is 54.0. The second kappa shape index (κ2) is 16.1.